The first-order chi connectivity index (χ1) is 17.2. The maximum Gasteiger partial charge on any atom is 0.252 e. The van der Waals surface area contributed by atoms with E-state index in [1.54, 1.807) is 0 Å². The number of H-pyrrole nitrogens is 1. The molecule has 3 heterocycles. The summed E-state index contributed by atoms with van der Waals surface area (Å²) in [5, 5.41) is 13.3. The van der Waals surface area contributed by atoms with Crippen LogP contribution in [0.4, 0.5) is 0 Å². The van der Waals surface area contributed by atoms with Crippen molar-refractivity contribution in [3.05, 3.63) is 81.9 Å². The normalized spacial score (nSPS) is 15.8. The van der Waals surface area contributed by atoms with E-state index in [0.717, 1.165) is 47.5 Å². The van der Waals surface area contributed by atoms with Crippen LogP contribution in [0.5, 0.6) is 5.75 Å². The Hall–Kier alpha value is -3.56. The molecule has 0 bridgehead atoms. The molecule has 5 rings (SSSR count). The fraction of sp³-hybridized carbons (Fsp3) is 0.385. The predicted molar refractivity (Wildman–Crippen MR) is 132 cm³/mol. The topological polar surface area (TPSA) is 98.2 Å². The molecular formula is C26H30N6O3. The van der Waals surface area contributed by atoms with Crippen LogP contribution in [0.15, 0.2) is 59.4 Å². The smallest absolute Gasteiger partial charge is 0.252 e. The van der Waals surface area contributed by atoms with Gasteiger partial charge < -0.3 is 14.5 Å². The number of tetrazole rings is 1. The summed E-state index contributed by atoms with van der Waals surface area (Å²) in [6, 6.07) is 17.9. The maximum atomic E-state index is 13.0. The molecule has 0 amide bonds. The van der Waals surface area contributed by atoms with Gasteiger partial charge in [0.25, 0.3) is 5.56 Å². The lowest BCUT2D eigenvalue weighted by Crippen LogP contribution is -2.29. The van der Waals surface area contributed by atoms with Gasteiger partial charge in [-0.1, -0.05) is 30.3 Å². The Balaban J connectivity index is 1.41. The number of aromatic amines is 1. The van der Waals surface area contributed by atoms with Crippen molar-refractivity contribution >= 4 is 10.9 Å². The Morgan fingerprint density at radius 1 is 1.14 bits per heavy atom. The van der Waals surface area contributed by atoms with Crippen molar-refractivity contribution in [3.8, 4) is 5.75 Å². The highest BCUT2D eigenvalue weighted by atomic mass is 16.5. The van der Waals surface area contributed by atoms with E-state index >= 15 is 0 Å². The van der Waals surface area contributed by atoms with E-state index in [4.69, 9.17) is 9.47 Å². The molecule has 9 heteroatoms. The minimum atomic E-state index is -0.0985. The molecule has 1 atom stereocenters. The van der Waals surface area contributed by atoms with Crippen LogP contribution in [-0.2, 0) is 30.9 Å². The minimum absolute atomic E-state index is 0.0985. The van der Waals surface area contributed by atoms with Crippen LogP contribution in [0.25, 0.3) is 10.9 Å². The molecule has 182 valence electrons. The van der Waals surface area contributed by atoms with E-state index in [1.165, 1.54) is 0 Å². The largest absolute Gasteiger partial charge is 0.494 e. The zero-order chi connectivity index (χ0) is 24.0. The number of nitrogens with one attached hydrogen (secondary N) is 1. The highest BCUT2D eigenvalue weighted by Gasteiger charge is 2.21. The third-order valence-electron chi connectivity index (χ3n) is 6.22. The second-order valence-corrected chi connectivity index (χ2v) is 8.85. The highest BCUT2D eigenvalue weighted by Crippen LogP contribution is 2.21. The lowest BCUT2D eigenvalue weighted by molar-refractivity contribution is 0.0914. The molecule has 0 aliphatic carbocycles. The molecular weight excluding hydrogens is 444 g/mol. The van der Waals surface area contributed by atoms with Gasteiger partial charge in [0.1, 0.15) is 5.75 Å². The zero-order valence-corrected chi connectivity index (χ0v) is 19.9. The average molecular weight is 475 g/mol. The molecule has 1 N–H and O–H groups in total. The molecule has 0 spiro atoms. The van der Waals surface area contributed by atoms with Crippen LogP contribution in [0.3, 0.4) is 0 Å². The Kier molecular flexibility index (Phi) is 7.15. The number of hydrogen-bond donors (Lipinski definition) is 1. The summed E-state index contributed by atoms with van der Waals surface area (Å²) in [5.41, 5.74) is 2.53. The van der Waals surface area contributed by atoms with Crippen LogP contribution in [0.2, 0.25) is 0 Å². The monoisotopic (exact) mass is 474 g/mol. The van der Waals surface area contributed by atoms with Crippen LogP contribution in [0, 0.1) is 0 Å². The Bertz CT molecular complexity index is 1310. The third kappa shape index (κ3) is 5.75. The maximum absolute atomic E-state index is 13.0. The van der Waals surface area contributed by atoms with Crippen molar-refractivity contribution in [2.24, 2.45) is 0 Å². The van der Waals surface area contributed by atoms with Gasteiger partial charge in [-0.2, -0.15) is 0 Å². The van der Waals surface area contributed by atoms with Gasteiger partial charge in [0, 0.05) is 36.2 Å². The van der Waals surface area contributed by atoms with Crippen molar-refractivity contribution in [2.45, 2.75) is 52.0 Å². The summed E-state index contributed by atoms with van der Waals surface area (Å²) in [5.74, 6) is 1.54. The molecule has 0 saturated carbocycles. The standard InChI is InChI=1S/C26H30N6O3/c1-2-34-22-10-11-24-20(14-22)13-21(26(33)27-24)16-31(15-19-7-4-3-5-8-19)18-25-28-29-30-32(25)17-23-9-6-12-35-23/h3-5,7-8,10-11,13-14,23H,2,6,9,12,15-18H2,1H3,(H,27,33). The van der Waals surface area contributed by atoms with E-state index in [9.17, 15) is 4.79 Å². The molecule has 9 nitrogen and oxygen atoms in total. The van der Waals surface area contributed by atoms with Gasteiger partial charge in [0.15, 0.2) is 5.82 Å². The summed E-state index contributed by atoms with van der Waals surface area (Å²) >= 11 is 0. The Morgan fingerprint density at radius 3 is 2.83 bits per heavy atom. The van der Waals surface area contributed by atoms with Gasteiger partial charge in [-0.05, 0) is 60.0 Å². The molecule has 1 aliphatic rings. The summed E-state index contributed by atoms with van der Waals surface area (Å²) in [6.45, 7) is 5.58. The van der Waals surface area contributed by atoms with Gasteiger partial charge in [-0.3, -0.25) is 9.69 Å². The minimum Gasteiger partial charge on any atom is -0.494 e. The second-order valence-electron chi connectivity index (χ2n) is 8.85. The first-order valence-electron chi connectivity index (χ1n) is 12.1. The quantitative estimate of drug-likeness (QED) is 0.377. The number of ether oxygens (including phenoxy) is 2. The fourth-order valence-electron chi connectivity index (χ4n) is 4.51. The van der Waals surface area contributed by atoms with Crippen LogP contribution in [0.1, 0.15) is 36.7 Å². The number of aromatic nitrogens is 5. The van der Waals surface area contributed by atoms with E-state index < -0.39 is 0 Å². The van der Waals surface area contributed by atoms with E-state index in [-0.39, 0.29) is 11.7 Å². The Labute approximate surface area is 203 Å². The highest BCUT2D eigenvalue weighted by molar-refractivity contribution is 5.80. The van der Waals surface area contributed by atoms with E-state index in [0.29, 0.717) is 38.3 Å². The average Bonchev–Trinajstić information content (AvgIpc) is 3.53. The van der Waals surface area contributed by atoms with Gasteiger partial charge >= 0.3 is 0 Å². The van der Waals surface area contributed by atoms with Gasteiger partial charge in [-0.15, -0.1) is 5.10 Å². The summed E-state index contributed by atoms with van der Waals surface area (Å²) in [6.07, 6.45) is 2.23. The third-order valence-corrected chi connectivity index (χ3v) is 6.22. The summed E-state index contributed by atoms with van der Waals surface area (Å²) in [7, 11) is 0. The second kappa shape index (κ2) is 10.8. The number of pyridine rings is 1. The van der Waals surface area contributed by atoms with Gasteiger partial charge in [0.2, 0.25) is 0 Å². The van der Waals surface area contributed by atoms with Crippen LogP contribution < -0.4 is 10.3 Å². The molecule has 1 saturated heterocycles. The molecule has 1 aliphatic heterocycles. The van der Waals surface area contributed by atoms with Gasteiger partial charge in [-0.25, -0.2) is 4.68 Å². The first kappa shape index (κ1) is 23.2. The number of nitrogens with zero attached hydrogens (tertiary/aromatic N) is 5. The molecule has 1 fully saturated rings. The van der Waals surface area contributed by atoms with Crippen molar-refractivity contribution in [3.63, 3.8) is 0 Å². The molecule has 4 aromatic rings. The SMILES string of the molecule is CCOc1ccc2[nH]c(=O)c(CN(Cc3ccccc3)Cc3nnnn3CC3CCCO3)cc2c1. The number of benzene rings is 2. The van der Waals surface area contributed by atoms with E-state index in [2.05, 4.69) is 37.5 Å². The number of hydrogen-bond acceptors (Lipinski definition) is 7. The number of fused-ring (bicyclic) bond motifs is 1. The number of rotatable bonds is 10. The molecule has 35 heavy (non-hydrogen) atoms. The summed E-state index contributed by atoms with van der Waals surface area (Å²) < 4.78 is 13.2. The van der Waals surface area contributed by atoms with Crippen molar-refractivity contribution in [1.82, 2.24) is 30.1 Å². The lowest BCUT2D eigenvalue weighted by atomic mass is 10.1. The van der Waals surface area contributed by atoms with Crippen molar-refractivity contribution in [2.75, 3.05) is 13.2 Å². The Morgan fingerprint density at radius 2 is 2.03 bits per heavy atom. The van der Waals surface area contributed by atoms with Crippen LogP contribution >= 0.6 is 0 Å². The van der Waals surface area contributed by atoms with Crippen LogP contribution in [-0.4, -0.2) is 49.4 Å². The van der Waals surface area contributed by atoms with Crippen molar-refractivity contribution in [1.29, 1.82) is 0 Å². The van der Waals surface area contributed by atoms with Crippen molar-refractivity contribution < 1.29 is 9.47 Å². The first-order valence-corrected chi connectivity index (χ1v) is 12.1. The van der Waals surface area contributed by atoms with E-state index in [1.807, 2.05) is 54.1 Å². The molecule has 0 radical (unpaired) electrons. The fourth-order valence-corrected chi connectivity index (χ4v) is 4.51. The molecule has 1 unspecified atom stereocenters. The molecule has 2 aromatic carbocycles. The predicted octanol–water partition coefficient (Wildman–Crippen LogP) is 3.29. The molecule has 2 aromatic heterocycles. The van der Waals surface area contributed by atoms with Gasteiger partial charge in [0.05, 0.1) is 25.8 Å². The lowest BCUT2D eigenvalue weighted by Gasteiger charge is -2.22. The zero-order valence-electron chi connectivity index (χ0n) is 19.9. The summed E-state index contributed by atoms with van der Waals surface area (Å²) in [4.78, 5) is 18.2.